The molecule has 0 aliphatic carbocycles. The molecule has 0 aliphatic heterocycles. The van der Waals surface area contributed by atoms with Crippen LogP contribution in [0.15, 0.2) is 194 Å². The van der Waals surface area contributed by atoms with Gasteiger partial charge in [-0.1, -0.05) is 146 Å². The van der Waals surface area contributed by atoms with Crippen LogP contribution in [0.4, 0.5) is 35.1 Å². The van der Waals surface area contributed by atoms with Gasteiger partial charge in [0.2, 0.25) is 0 Å². The molecule has 0 amide bonds. The summed E-state index contributed by atoms with van der Waals surface area (Å²) in [7, 11) is 0. The van der Waals surface area contributed by atoms with Crippen LogP contribution in [-0.4, -0.2) is 0 Å². The van der Waals surface area contributed by atoms with E-state index in [1.54, 1.807) is 146 Å². The summed E-state index contributed by atoms with van der Waals surface area (Å²) in [6.07, 6.45) is 0. The van der Waals surface area contributed by atoms with Crippen LogP contribution in [-0.2, 0) is 0 Å². The Morgan fingerprint density at radius 3 is 0.328 bits per heavy atom. The molecular formula is C48H36F8S2. The van der Waals surface area contributed by atoms with Gasteiger partial charge in [-0.15, -0.1) is 0 Å². The normalized spacial score (nSPS) is 9.79. The van der Waals surface area contributed by atoms with Gasteiger partial charge in [-0.2, -0.15) is 27.0 Å². The van der Waals surface area contributed by atoms with Gasteiger partial charge >= 0.3 is 0 Å². The number of rotatable bonds is 4. The Balaban J connectivity index is 0.000000205. The first-order valence-corrected chi connectivity index (χ1v) is 17.1. The van der Waals surface area contributed by atoms with Crippen molar-refractivity contribution in [3.05, 3.63) is 241 Å². The molecule has 0 heterocycles. The van der Waals surface area contributed by atoms with E-state index in [0.717, 1.165) is 0 Å². The molecule has 0 fully saturated rings. The van der Waals surface area contributed by atoms with Crippen LogP contribution in [0, 0.1) is 46.5 Å². The Morgan fingerprint density at radius 1 is 0.155 bits per heavy atom. The van der Waals surface area contributed by atoms with Gasteiger partial charge in [0.25, 0.3) is 0 Å². The Labute approximate surface area is 346 Å². The van der Waals surface area contributed by atoms with E-state index >= 15 is 0 Å². The van der Waals surface area contributed by atoms with Crippen LogP contribution < -0.4 is 0 Å². The van der Waals surface area contributed by atoms with Crippen LogP contribution in [0.25, 0.3) is 44.5 Å². The number of hydrogen-bond acceptors (Lipinski definition) is 0. The van der Waals surface area contributed by atoms with Gasteiger partial charge in [-0.3, -0.25) is 0 Å². The van der Waals surface area contributed by atoms with Crippen molar-refractivity contribution in [2.24, 2.45) is 0 Å². The van der Waals surface area contributed by atoms with Gasteiger partial charge in [-0.05, 0) is 48.5 Å². The van der Waals surface area contributed by atoms with Gasteiger partial charge in [0.15, 0.2) is 0 Å². The highest BCUT2D eigenvalue weighted by molar-refractivity contribution is 7.59. The lowest BCUT2D eigenvalue weighted by molar-refractivity contribution is 0.616. The maximum absolute atomic E-state index is 13.3. The molecule has 58 heavy (non-hydrogen) atoms. The Morgan fingerprint density at radius 2 is 0.241 bits per heavy atom. The Kier molecular flexibility index (Phi) is 18.5. The van der Waals surface area contributed by atoms with Gasteiger partial charge in [0.05, 0.1) is 0 Å². The predicted molar refractivity (Wildman–Crippen MR) is 228 cm³/mol. The minimum absolute atomic E-state index is 0. The highest BCUT2D eigenvalue weighted by Crippen LogP contribution is 2.28. The molecule has 0 atom stereocenters. The number of benzene rings is 8. The number of halogens is 8. The molecule has 0 radical (unpaired) electrons. The molecule has 0 spiro atoms. The average Bonchev–Trinajstić information content (AvgIpc) is 3.21. The minimum Gasteiger partial charge on any atom is -0.206 e. The van der Waals surface area contributed by atoms with Crippen molar-refractivity contribution in [1.29, 1.82) is 0 Å². The average molecular weight is 829 g/mol. The summed E-state index contributed by atoms with van der Waals surface area (Å²) < 4.78 is 106. The topological polar surface area (TPSA) is 0 Å². The molecule has 0 saturated carbocycles. The lowest BCUT2D eigenvalue weighted by atomic mass is 10.0. The lowest BCUT2D eigenvalue weighted by Crippen LogP contribution is -1.86. The standard InChI is InChI=1S/4C12H8F2.2H2S/c4*13-11-7-3-1-5-9(11)10-6-2-4-8-12(10)14;;/h4*1-8H;2*1H2. The van der Waals surface area contributed by atoms with Gasteiger partial charge in [-0.25, -0.2) is 35.1 Å². The molecule has 8 aromatic carbocycles. The van der Waals surface area contributed by atoms with Gasteiger partial charge in [0.1, 0.15) is 46.5 Å². The van der Waals surface area contributed by atoms with Crippen LogP contribution in [0.3, 0.4) is 0 Å². The molecule has 10 heteroatoms. The zero-order chi connectivity index (χ0) is 39.9. The second-order valence-corrected chi connectivity index (χ2v) is 11.8. The first-order chi connectivity index (χ1) is 27.2. The molecule has 0 nitrogen and oxygen atoms in total. The van der Waals surface area contributed by atoms with E-state index in [2.05, 4.69) is 0 Å². The maximum atomic E-state index is 13.3. The second kappa shape index (κ2) is 23.2. The first-order valence-electron chi connectivity index (χ1n) is 17.1. The lowest BCUT2D eigenvalue weighted by Gasteiger charge is -2.03. The van der Waals surface area contributed by atoms with E-state index in [-0.39, 0.29) is 27.0 Å². The summed E-state index contributed by atoms with van der Waals surface area (Å²) in [4.78, 5) is 0. The molecule has 0 unspecified atom stereocenters. The second-order valence-electron chi connectivity index (χ2n) is 11.8. The van der Waals surface area contributed by atoms with Crippen LogP contribution in [0.1, 0.15) is 0 Å². The molecule has 0 aliphatic rings. The molecular weight excluding hydrogens is 793 g/mol. The summed E-state index contributed by atoms with van der Waals surface area (Å²) in [5.41, 5.74) is 2.37. The monoisotopic (exact) mass is 828 g/mol. The van der Waals surface area contributed by atoms with E-state index < -0.39 is 46.5 Å². The zero-order valence-corrected chi connectivity index (χ0v) is 32.5. The van der Waals surface area contributed by atoms with Crippen molar-refractivity contribution in [2.75, 3.05) is 0 Å². The first kappa shape index (κ1) is 46.3. The van der Waals surface area contributed by atoms with Crippen molar-refractivity contribution >= 4 is 27.0 Å². The van der Waals surface area contributed by atoms with E-state index in [1.165, 1.54) is 48.5 Å². The van der Waals surface area contributed by atoms with E-state index in [0.29, 0.717) is 44.5 Å². The van der Waals surface area contributed by atoms with Gasteiger partial charge in [0, 0.05) is 44.5 Å². The SMILES string of the molecule is Fc1ccccc1-c1ccccc1F.Fc1ccccc1-c1ccccc1F.Fc1ccccc1-c1ccccc1F.Fc1ccccc1-c1ccccc1F.S.S. The third-order valence-corrected chi connectivity index (χ3v) is 8.15. The van der Waals surface area contributed by atoms with E-state index in [1.807, 2.05) is 0 Å². The molecule has 0 saturated heterocycles. The van der Waals surface area contributed by atoms with E-state index in [4.69, 9.17) is 0 Å². The molecule has 0 bridgehead atoms. The third kappa shape index (κ3) is 12.4. The van der Waals surface area contributed by atoms with Crippen LogP contribution >= 0.6 is 27.0 Å². The fourth-order valence-corrected chi connectivity index (χ4v) is 5.44. The highest BCUT2D eigenvalue weighted by atomic mass is 32.1. The Bertz CT molecular complexity index is 1980. The molecule has 8 rings (SSSR count). The zero-order valence-electron chi connectivity index (χ0n) is 30.5. The van der Waals surface area contributed by atoms with Crippen molar-refractivity contribution in [1.82, 2.24) is 0 Å². The summed E-state index contributed by atoms with van der Waals surface area (Å²) in [6.45, 7) is 0. The van der Waals surface area contributed by atoms with Crippen molar-refractivity contribution in [3.8, 4) is 44.5 Å². The summed E-state index contributed by atoms with van der Waals surface area (Å²) in [6, 6.07) is 49.2. The van der Waals surface area contributed by atoms with E-state index in [9.17, 15) is 35.1 Å². The van der Waals surface area contributed by atoms with Crippen LogP contribution in [0.5, 0.6) is 0 Å². The van der Waals surface area contributed by atoms with Crippen molar-refractivity contribution in [3.63, 3.8) is 0 Å². The van der Waals surface area contributed by atoms with Crippen molar-refractivity contribution < 1.29 is 35.1 Å². The molecule has 8 aromatic rings. The Hall–Kier alpha value is -6.10. The largest absolute Gasteiger partial charge is 0.206 e. The minimum atomic E-state index is -0.405. The number of hydrogen-bond donors (Lipinski definition) is 0. The fourth-order valence-electron chi connectivity index (χ4n) is 5.44. The smallest absolute Gasteiger partial charge is 0.131 e. The molecule has 296 valence electrons. The fraction of sp³-hybridized carbons (Fsp3) is 0. The van der Waals surface area contributed by atoms with Gasteiger partial charge < -0.3 is 0 Å². The summed E-state index contributed by atoms with van der Waals surface area (Å²) in [5.74, 6) is -3.24. The quantitative estimate of drug-likeness (QED) is 0.155. The van der Waals surface area contributed by atoms with Crippen molar-refractivity contribution in [2.45, 2.75) is 0 Å². The highest BCUT2D eigenvalue weighted by Gasteiger charge is 2.10. The predicted octanol–water partition coefficient (Wildman–Crippen LogP) is 14.8. The molecule has 0 N–H and O–H groups in total. The molecule has 0 aromatic heterocycles. The third-order valence-electron chi connectivity index (χ3n) is 8.15. The summed E-state index contributed by atoms with van der Waals surface area (Å²) >= 11 is 0. The maximum Gasteiger partial charge on any atom is 0.131 e. The van der Waals surface area contributed by atoms with Crippen LogP contribution in [0.2, 0.25) is 0 Å². The summed E-state index contributed by atoms with van der Waals surface area (Å²) in [5, 5.41) is 0.